The summed E-state index contributed by atoms with van der Waals surface area (Å²) in [6.07, 6.45) is 5.83. The van der Waals surface area contributed by atoms with Crippen LogP contribution >= 0.6 is 0 Å². The molecule has 0 saturated carbocycles. The van der Waals surface area contributed by atoms with Crippen LogP contribution in [0.3, 0.4) is 0 Å². The maximum absolute atomic E-state index is 13.0. The van der Waals surface area contributed by atoms with Crippen molar-refractivity contribution in [2.24, 2.45) is 7.05 Å². The van der Waals surface area contributed by atoms with Gasteiger partial charge in [0.15, 0.2) is 9.84 Å². The largest absolute Gasteiger partial charge is 0.382 e. The molecule has 2 aromatic carbocycles. The second-order valence-corrected chi connectivity index (χ2v) is 13.5. The monoisotopic (exact) mass is 555 g/mol. The molecule has 0 aliphatic carbocycles. The first kappa shape index (κ1) is 26.1. The van der Waals surface area contributed by atoms with Gasteiger partial charge in [-0.15, -0.1) is 0 Å². The predicted molar refractivity (Wildman–Crippen MR) is 145 cm³/mol. The highest BCUT2D eigenvalue weighted by atomic mass is 32.2. The number of rotatable bonds is 7. The van der Waals surface area contributed by atoms with Crippen molar-refractivity contribution < 1.29 is 16.8 Å². The fourth-order valence-corrected chi connectivity index (χ4v) is 7.15. The number of nitrogens with zero attached hydrogens (tertiary/aromatic N) is 4. The van der Waals surface area contributed by atoms with Gasteiger partial charge in [-0.25, -0.2) is 21.8 Å². The lowest BCUT2D eigenvalue weighted by Gasteiger charge is -2.32. The summed E-state index contributed by atoms with van der Waals surface area (Å²) < 4.78 is 56.1. The molecule has 1 fully saturated rings. The molecule has 0 bridgehead atoms. The van der Waals surface area contributed by atoms with E-state index in [1.807, 2.05) is 0 Å². The Hall–Kier alpha value is -3.48. The number of aryl methyl sites for hydroxylation is 1. The predicted octanol–water partition coefficient (Wildman–Crippen LogP) is 2.76. The summed E-state index contributed by atoms with van der Waals surface area (Å²) in [7, 11) is -5.41. The molecule has 3 heterocycles. The zero-order valence-corrected chi connectivity index (χ0v) is 22.7. The molecule has 38 heavy (non-hydrogen) atoms. The molecule has 1 aliphatic rings. The third-order valence-electron chi connectivity index (χ3n) is 6.95. The van der Waals surface area contributed by atoms with Crippen LogP contribution in [0.4, 0.5) is 5.69 Å². The Kier molecular flexibility index (Phi) is 6.88. The molecule has 1 aliphatic heterocycles. The SMILES string of the molecule is CCS(=O)(=O)c1ccc(NC2CCN(S(=O)(=O)c3ccccc3)CC2)c(-c2cn(C)c(=O)c3cncn23)c1. The molecule has 12 heteroatoms. The van der Waals surface area contributed by atoms with Gasteiger partial charge in [0.1, 0.15) is 5.52 Å². The first-order valence-electron chi connectivity index (χ1n) is 12.3. The number of benzene rings is 2. The second-order valence-electron chi connectivity index (χ2n) is 9.33. The molecular formula is C26H29N5O5S2. The summed E-state index contributed by atoms with van der Waals surface area (Å²) in [5.41, 5.74) is 2.07. The standard InChI is InChI=1S/C26H29N5O5S2/c1-3-37(33,34)21-9-10-23(22(15-21)25-17-29(2)26(32)24-16-27-18-31(24)25)28-19-11-13-30(14-12-19)38(35,36)20-7-5-4-6-8-20/h4-10,15-19,28H,3,11-14H2,1-2H3. The quantitative estimate of drug-likeness (QED) is 0.372. The van der Waals surface area contributed by atoms with Gasteiger partial charge in [-0.2, -0.15) is 4.31 Å². The zero-order valence-electron chi connectivity index (χ0n) is 21.1. The minimum atomic E-state index is -3.56. The van der Waals surface area contributed by atoms with Crippen molar-refractivity contribution in [3.63, 3.8) is 0 Å². The molecule has 0 radical (unpaired) electrons. The van der Waals surface area contributed by atoms with Crippen molar-refractivity contribution in [1.82, 2.24) is 18.3 Å². The van der Waals surface area contributed by atoms with Crippen LogP contribution in [0.1, 0.15) is 19.8 Å². The number of hydrogen-bond acceptors (Lipinski definition) is 7. The number of hydrogen-bond donors (Lipinski definition) is 1. The topological polar surface area (TPSA) is 123 Å². The summed E-state index contributed by atoms with van der Waals surface area (Å²) >= 11 is 0. The number of nitrogens with one attached hydrogen (secondary N) is 1. The minimum absolute atomic E-state index is 0.0320. The lowest BCUT2D eigenvalue weighted by atomic mass is 10.0. The highest BCUT2D eigenvalue weighted by Gasteiger charge is 2.30. The van der Waals surface area contributed by atoms with Gasteiger partial charge in [0.05, 0.1) is 33.8 Å². The fourth-order valence-electron chi connectivity index (χ4n) is 4.75. The first-order chi connectivity index (χ1) is 18.1. The van der Waals surface area contributed by atoms with E-state index >= 15 is 0 Å². The van der Waals surface area contributed by atoms with Gasteiger partial charge >= 0.3 is 0 Å². The van der Waals surface area contributed by atoms with E-state index in [1.54, 1.807) is 73.1 Å². The molecule has 1 N–H and O–H groups in total. The lowest BCUT2D eigenvalue weighted by molar-refractivity contribution is 0.330. The molecule has 0 atom stereocenters. The molecule has 200 valence electrons. The van der Waals surface area contributed by atoms with Crippen LogP contribution in [0.25, 0.3) is 16.8 Å². The Bertz CT molecular complexity index is 1750. The molecular weight excluding hydrogens is 526 g/mol. The maximum Gasteiger partial charge on any atom is 0.276 e. The Morgan fingerprint density at radius 1 is 1.00 bits per heavy atom. The van der Waals surface area contributed by atoms with E-state index in [4.69, 9.17) is 0 Å². The minimum Gasteiger partial charge on any atom is -0.382 e. The Balaban J connectivity index is 1.48. The molecule has 1 saturated heterocycles. The van der Waals surface area contributed by atoms with E-state index in [0.29, 0.717) is 48.4 Å². The van der Waals surface area contributed by atoms with Crippen LogP contribution in [0.5, 0.6) is 0 Å². The van der Waals surface area contributed by atoms with Crippen molar-refractivity contribution in [2.45, 2.75) is 35.6 Å². The molecule has 0 unspecified atom stereocenters. The van der Waals surface area contributed by atoms with Crippen LogP contribution in [-0.4, -0.2) is 60.0 Å². The number of imidazole rings is 1. The first-order valence-corrected chi connectivity index (χ1v) is 15.4. The smallest absolute Gasteiger partial charge is 0.276 e. The van der Waals surface area contributed by atoms with Crippen LogP contribution in [0, 0.1) is 0 Å². The summed E-state index contributed by atoms with van der Waals surface area (Å²) in [4.78, 5) is 17.2. The lowest BCUT2D eigenvalue weighted by Crippen LogP contribution is -2.42. The summed E-state index contributed by atoms with van der Waals surface area (Å²) in [5, 5.41) is 3.51. The normalized spacial score (nSPS) is 15.6. The molecule has 5 rings (SSSR count). The third kappa shape index (κ3) is 4.74. The van der Waals surface area contributed by atoms with Gasteiger partial charge in [-0.3, -0.25) is 9.20 Å². The Morgan fingerprint density at radius 3 is 2.39 bits per heavy atom. The van der Waals surface area contributed by atoms with E-state index in [-0.39, 0.29) is 27.1 Å². The van der Waals surface area contributed by atoms with Crippen molar-refractivity contribution in [3.05, 3.63) is 77.6 Å². The average molecular weight is 556 g/mol. The van der Waals surface area contributed by atoms with Gasteiger partial charge in [0.25, 0.3) is 5.56 Å². The molecule has 2 aromatic heterocycles. The Morgan fingerprint density at radius 2 is 1.71 bits per heavy atom. The van der Waals surface area contributed by atoms with Crippen molar-refractivity contribution in [3.8, 4) is 11.3 Å². The van der Waals surface area contributed by atoms with E-state index in [2.05, 4.69) is 10.3 Å². The van der Waals surface area contributed by atoms with Gasteiger partial charge in [-0.1, -0.05) is 25.1 Å². The third-order valence-corrected chi connectivity index (χ3v) is 10.6. The van der Waals surface area contributed by atoms with Crippen molar-refractivity contribution in [1.29, 1.82) is 0 Å². The van der Waals surface area contributed by atoms with Crippen LogP contribution in [0.15, 0.2) is 81.8 Å². The fraction of sp³-hybridized carbons (Fsp3) is 0.308. The molecule has 0 amide bonds. The number of anilines is 1. The molecule has 4 aromatic rings. The maximum atomic E-state index is 13.0. The van der Waals surface area contributed by atoms with E-state index < -0.39 is 19.9 Å². The second kappa shape index (κ2) is 10.0. The Labute approximate surface area is 221 Å². The summed E-state index contributed by atoms with van der Waals surface area (Å²) in [6.45, 7) is 2.31. The number of piperidine rings is 1. The van der Waals surface area contributed by atoms with Crippen LogP contribution in [-0.2, 0) is 26.9 Å². The molecule has 10 nitrogen and oxygen atoms in total. The van der Waals surface area contributed by atoms with E-state index in [9.17, 15) is 21.6 Å². The van der Waals surface area contributed by atoms with Crippen molar-refractivity contribution in [2.75, 3.05) is 24.2 Å². The van der Waals surface area contributed by atoms with Gasteiger partial charge in [0, 0.05) is 43.6 Å². The van der Waals surface area contributed by atoms with Crippen LogP contribution in [0.2, 0.25) is 0 Å². The molecule has 0 spiro atoms. The zero-order chi connectivity index (χ0) is 27.1. The van der Waals surface area contributed by atoms with Gasteiger partial charge < -0.3 is 9.88 Å². The number of fused-ring (bicyclic) bond motifs is 1. The van der Waals surface area contributed by atoms with Gasteiger partial charge in [-0.05, 0) is 43.2 Å². The average Bonchev–Trinajstić information content (AvgIpc) is 3.42. The summed E-state index contributed by atoms with van der Waals surface area (Å²) in [6, 6.07) is 13.3. The van der Waals surface area contributed by atoms with Gasteiger partial charge in [0.2, 0.25) is 10.0 Å². The highest BCUT2D eigenvalue weighted by Crippen LogP contribution is 2.33. The highest BCUT2D eigenvalue weighted by molar-refractivity contribution is 7.91. The number of sulfonamides is 1. The number of sulfone groups is 1. The van der Waals surface area contributed by atoms with Crippen LogP contribution < -0.4 is 10.9 Å². The van der Waals surface area contributed by atoms with Crippen molar-refractivity contribution >= 4 is 31.1 Å². The van der Waals surface area contributed by atoms with E-state index in [0.717, 1.165) is 0 Å². The number of aromatic nitrogens is 3. The van der Waals surface area contributed by atoms with E-state index in [1.165, 1.54) is 21.4 Å². The summed E-state index contributed by atoms with van der Waals surface area (Å²) in [5.74, 6) is -0.0404.